The molecule has 4 aliphatic carbocycles. The summed E-state index contributed by atoms with van der Waals surface area (Å²) in [6.45, 7) is 0. The number of fused-ring (bicyclic) bond motifs is 3. The molecule has 0 amide bonds. The summed E-state index contributed by atoms with van der Waals surface area (Å²) in [6.07, 6.45) is 6.33. The highest BCUT2D eigenvalue weighted by molar-refractivity contribution is 6.09. The second-order valence-electron chi connectivity index (χ2n) is 9.45. The summed E-state index contributed by atoms with van der Waals surface area (Å²) in [5.74, 6) is 3.32. The summed E-state index contributed by atoms with van der Waals surface area (Å²) < 4.78 is 2.16. The van der Waals surface area contributed by atoms with Gasteiger partial charge in [0.15, 0.2) is 11.5 Å². The lowest BCUT2D eigenvalue weighted by molar-refractivity contribution is 0.164. The molecule has 0 N–H and O–H groups in total. The van der Waals surface area contributed by atoms with Crippen LogP contribution < -0.4 is 0 Å². The van der Waals surface area contributed by atoms with E-state index >= 15 is 0 Å². The van der Waals surface area contributed by atoms with Crippen LogP contribution in [-0.4, -0.2) is 14.5 Å². The van der Waals surface area contributed by atoms with Gasteiger partial charge >= 0.3 is 0 Å². The van der Waals surface area contributed by atoms with Crippen molar-refractivity contribution in [3.63, 3.8) is 0 Å². The summed E-state index contributed by atoms with van der Waals surface area (Å²) in [6, 6.07) is 19.2. The van der Waals surface area contributed by atoms with Gasteiger partial charge in [-0.25, -0.2) is 9.97 Å². The molecule has 2 saturated carbocycles. The van der Waals surface area contributed by atoms with E-state index in [2.05, 4.69) is 59.2 Å². The summed E-state index contributed by atoms with van der Waals surface area (Å²) in [4.78, 5) is 10.3. The van der Waals surface area contributed by atoms with Crippen molar-refractivity contribution in [3.05, 3.63) is 65.6 Å². The minimum atomic E-state index is 0.460. The van der Waals surface area contributed by atoms with Crippen molar-refractivity contribution in [1.82, 2.24) is 14.5 Å². The Bertz CT molecular complexity index is 1310. The molecule has 2 aromatic carbocycles. The van der Waals surface area contributed by atoms with Gasteiger partial charge in [-0.2, -0.15) is 5.26 Å². The summed E-state index contributed by atoms with van der Waals surface area (Å²) >= 11 is 0. The van der Waals surface area contributed by atoms with Gasteiger partial charge in [0.25, 0.3) is 0 Å². The number of rotatable bonds is 1. The van der Waals surface area contributed by atoms with Gasteiger partial charge in [0.2, 0.25) is 0 Å². The number of benzene rings is 2. The van der Waals surface area contributed by atoms with Gasteiger partial charge < -0.3 is 0 Å². The second-order valence-corrected chi connectivity index (χ2v) is 9.45. The molecule has 4 heteroatoms. The zero-order valence-corrected chi connectivity index (χ0v) is 16.8. The first-order valence-corrected chi connectivity index (χ1v) is 11.1. The number of hydrogen-bond donors (Lipinski definition) is 0. The fraction of sp³-hybridized carbons (Fsp3) is 0.346. The van der Waals surface area contributed by atoms with Crippen LogP contribution in [-0.2, 0) is 0 Å². The molecule has 4 aromatic rings. The minimum absolute atomic E-state index is 0.460. The van der Waals surface area contributed by atoms with Crippen molar-refractivity contribution >= 4 is 21.8 Å². The predicted octanol–water partition coefficient (Wildman–Crippen LogP) is 5.84. The molecule has 4 bridgehead atoms. The monoisotopic (exact) mass is 390 g/mol. The zero-order chi connectivity index (χ0) is 19.8. The number of para-hydroxylation sites is 2. The van der Waals surface area contributed by atoms with E-state index in [1.807, 2.05) is 0 Å². The topological polar surface area (TPSA) is 54.5 Å². The van der Waals surface area contributed by atoms with E-state index < -0.39 is 0 Å². The maximum absolute atomic E-state index is 10.1. The molecule has 2 aromatic heterocycles. The molecule has 0 saturated heterocycles. The Balaban J connectivity index is 1.55. The van der Waals surface area contributed by atoms with E-state index in [1.54, 1.807) is 0 Å². The summed E-state index contributed by atoms with van der Waals surface area (Å²) in [5.41, 5.74) is 4.94. The van der Waals surface area contributed by atoms with E-state index in [0.717, 1.165) is 28.6 Å². The van der Waals surface area contributed by atoms with E-state index in [9.17, 15) is 5.26 Å². The van der Waals surface area contributed by atoms with Crippen LogP contribution in [0.3, 0.4) is 0 Å². The highest BCUT2D eigenvalue weighted by atomic mass is 15.1. The fourth-order valence-corrected chi connectivity index (χ4v) is 6.73. The van der Waals surface area contributed by atoms with Gasteiger partial charge in [0.05, 0.1) is 22.4 Å². The van der Waals surface area contributed by atoms with Gasteiger partial charge in [0, 0.05) is 22.6 Å². The van der Waals surface area contributed by atoms with Crippen LogP contribution in [0.1, 0.15) is 61.0 Å². The molecule has 4 nitrogen and oxygen atoms in total. The van der Waals surface area contributed by atoms with Crippen LogP contribution in [0.2, 0.25) is 0 Å². The largest absolute Gasteiger partial charge is 0.291 e. The SMILES string of the molecule is N#Cc1nc2c(nc1-n1c3ccccc3c3ccccc31)C1CC3CC(CC2C3)C1. The normalized spacial score (nSPS) is 26.6. The first-order valence-electron chi connectivity index (χ1n) is 11.1. The Morgan fingerprint density at radius 1 is 0.733 bits per heavy atom. The van der Waals surface area contributed by atoms with Crippen LogP contribution >= 0.6 is 0 Å². The molecule has 2 atom stereocenters. The van der Waals surface area contributed by atoms with Crippen LogP contribution in [0.25, 0.3) is 27.6 Å². The van der Waals surface area contributed by atoms with Gasteiger partial charge in [-0.15, -0.1) is 0 Å². The Labute approximate surface area is 175 Å². The molecule has 146 valence electrons. The molecular formula is C26H22N4. The number of nitriles is 1. The quantitative estimate of drug-likeness (QED) is 0.410. The number of nitrogens with zero attached hydrogens (tertiary/aromatic N) is 4. The molecular weight excluding hydrogens is 368 g/mol. The molecule has 4 aliphatic rings. The average Bonchev–Trinajstić information content (AvgIpc) is 3.02. The van der Waals surface area contributed by atoms with Crippen LogP contribution in [0, 0.1) is 23.2 Å². The van der Waals surface area contributed by atoms with Crippen molar-refractivity contribution in [2.24, 2.45) is 11.8 Å². The van der Waals surface area contributed by atoms with E-state index in [0.29, 0.717) is 23.3 Å². The molecule has 0 spiro atoms. The number of hydrogen-bond acceptors (Lipinski definition) is 3. The van der Waals surface area contributed by atoms with Gasteiger partial charge in [-0.3, -0.25) is 4.57 Å². The lowest BCUT2D eigenvalue weighted by Crippen LogP contribution is -2.25. The van der Waals surface area contributed by atoms with Crippen LogP contribution in [0.4, 0.5) is 0 Å². The van der Waals surface area contributed by atoms with Gasteiger partial charge in [0.1, 0.15) is 6.07 Å². The minimum Gasteiger partial charge on any atom is -0.291 e. The summed E-state index contributed by atoms with van der Waals surface area (Å²) in [7, 11) is 0. The van der Waals surface area contributed by atoms with Crippen molar-refractivity contribution in [1.29, 1.82) is 5.26 Å². The first kappa shape index (κ1) is 16.6. The maximum atomic E-state index is 10.1. The van der Waals surface area contributed by atoms with Gasteiger partial charge in [-0.05, 0) is 56.1 Å². The van der Waals surface area contributed by atoms with Gasteiger partial charge in [-0.1, -0.05) is 36.4 Å². The Morgan fingerprint density at radius 3 is 1.83 bits per heavy atom. The molecule has 30 heavy (non-hydrogen) atoms. The van der Waals surface area contributed by atoms with Crippen molar-refractivity contribution < 1.29 is 0 Å². The lowest BCUT2D eigenvalue weighted by atomic mass is 9.67. The molecule has 2 heterocycles. The lowest BCUT2D eigenvalue weighted by Gasteiger charge is -2.38. The Kier molecular flexibility index (Phi) is 3.27. The summed E-state index contributed by atoms with van der Waals surface area (Å²) in [5, 5.41) is 12.4. The molecule has 0 aliphatic heterocycles. The third kappa shape index (κ3) is 2.15. The maximum Gasteiger partial charge on any atom is 0.184 e. The first-order chi connectivity index (χ1) is 14.8. The molecule has 2 unspecified atom stereocenters. The molecule has 0 radical (unpaired) electrons. The fourth-order valence-electron chi connectivity index (χ4n) is 6.73. The zero-order valence-electron chi connectivity index (χ0n) is 16.8. The van der Waals surface area contributed by atoms with Crippen LogP contribution in [0.5, 0.6) is 0 Å². The third-order valence-electron chi connectivity index (χ3n) is 7.74. The Hall–Kier alpha value is -3.19. The van der Waals surface area contributed by atoms with Crippen molar-refractivity contribution in [2.75, 3.05) is 0 Å². The van der Waals surface area contributed by atoms with Crippen molar-refractivity contribution in [3.8, 4) is 11.9 Å². The average molecular weight is 390 g/mol. The third-order valence-corrected chi connectivity index (χ3v) is 7.74. The smallest absolute Gasteiger partial charge is 0.184 e. The highest BCUT2D eigenvalue weighted by Crippen LogP contribution is 2.55. The number of aromatic nitrogens is 3. The highest BCUT2D eigenvalue weighted by Gasteiger charge is 2.44. The Morgan fingerprint density at radius 2 is 1.27 bits per heavy atom. The van der Waals surface area contributed by atoms with E-state index in [-0.39, 0.29) is 0 Å². The molecule has 2 fully saturated rings. The predicted molar refractivity (Wildman–Crippen MR) is 117 cm³/mol. The van der Waals surface area contributed by atoms with E-state index in [4.69, 9.17) is 9.97 Å². The standard InChI is InChI=1S/C26H22N4/c27-14-21-26(30-22-7-3-1-5-19(22)20-6-2-4-8-23(20)30)29-25-18-12-15-9-16(13-18)11-17(10-15)24(25)28-21/h1-8,15-18H,9-13H2. The van der Waals surface area contributed by atoms with Crippen molar-refractivity contribution in [2.45, 2.75) is 43.9 Å². The van der Waals surface area contributed by atoms with E-state index in [1.165, 1.54) is 48.6 Å². The molecule has 8 rings (SSSR count). The second kappa shape index (κ2) is 5.92. The van der Waals surface area contributed by atoms with Crippen LogP contribution in [0.15, 0.2) is 48.5 Å².